The van der Waals surface area contributed by atoms with Crippen molar-refractivity contribution in [1.82, 2.24) is 4.31 Å². The van der Waals surface area contributed by atoms with Gasteiger partial charge in [0, 0.05) is 0 Å². The van der Waals surface area contributed by atoms with Crippen LogP contribution < -0.4 is 0 Å². The number of ether oxygens (including phenoxy) is 1. The summed E-state index contributed by atoms with van der Waals surface area (Å²) in [4.78, 5) is 34.6. The molecule has 0 atom stereocenters. The van der Waals surface area contributed by atoms with Crippen LogP contribution in [0.1, 0.15) is 20.7 Å². The minimum atomic E-state index is -0.480. The number of nitrogens with zero attached hydrogens (tertiary/aromatic N) is 1. The van der Waals surface area contributed by atoms with Gasteiger partial charge in [0.1, 0.15) is 5.75 Å². The molecule has 0 spiro atoms. The van der Waals surface area contributed by atoms with E-state index in [4.69, 9.17) is 0 Å². The van der Waals surface area contributed by atoms with Crippen molar-refractivity contribution >= 4 is 29.7 Å². The number of carbonyl (C=O) groups excluding carboxylic acids is 3. The fourth-order valence-corrected chi connectivity index (χ4v) is 2.24. The molecular weight excluding hydrogens is 242 g/mol. The fraction of sp³-hybridized carbons (Fsp3) is 0.182. The van der Waals surface area contributed by atoms with Gasteiger partial charge < -0.3 is 4.74 Å². The summed E-state index contributed by atoms with van der Waals surface area (Å²) in [6.07, 6.45) is 0. The lowest BCUT2D eigenvalue weighted by atomic mass is 10.1. The van der Waals surface area contributed by atoms with Crippen molar-refractivity contribution in [3.8, 4) is 0 Å². The zero-order valence-electron chi connectivity index (χ0n) is 9.00. The Morgan fingerprint density at radius 3 is 2.24 bits per heavy atom. The number of methoxy groups -OCH3 is 1. The van der Waals surface area contributed by atoms with Gasteiger partial charge in [0.25, 0.3) is 11.8 Å². The number of hydrogen-bond donors (Lipinski definition) is 0. The van der Waals surface area contributed by atoms with E-state index in [1.54, 1.807) is 24.3 Å². The molecule has 0 bridgehead atoms. The average molecular weight is 251 g/mol. The predicted molar refractivity (Wildman–Crippen MR) is 61.4 cm³/mol. The first-order valence-electron chi connectivity index (χ1n) is 4.82. The third-order valence-corrected chi connectivity index (χ3v) is 3.25. The van der Waals surface area contributed by atoms with Gasteiger partial charge in [-0.05, 0) is 24.1 Å². The van der Waals surface area contributed by atoms with E-state index in [2.05, 4.69) is 4.74 Å². The van der Waals surface area contributed by atoms with E-state index in [0.29, 0.717) is 11.1 Å². The Balaban J connectivity index is 2.16. The summed E-state index contributed by atoms with van der Waals surface area (Å²) >= 11 is 0.849. The molecule has 17 heavy (non-hydrogen) atoms. The molecule has 0 saturated carbocycles. The molecule has 0 aliphatic carbocycles. The fourth-order valence-electron chi connectivity index (χ4n) is 1.46. The van der Waals surface area contributed by atoms with Crippen molar-refractivity contribution in [3.63, 3.8) is 0 Å². The van der Waals surface area contributed by atoms with Crippen molar-refractivity contribution in [1.29, 1.82) is 0 Å². The van der Waals surface area contributed by atoms with Crippen molar-refractivity contribution < 1.29 is 19.1 Å². The van der Waals surface area contributed by atoms with Crippen LogP contribution in [0.3, 0.4) is 0 Å². The van der Waals surface area contributed by atoms with Gasteiger partial charge in [-0.1, -0.05) is 12.1 Å². The summed E-state index contributed by atoms with van der Waals surface area (Å²) in [5.74, 6) is -1.33. The molecule has 0 unspecified atom stereocenters. The minimum Gasteiger partial charge on any atom is -0.468 e. The summed E-state index contributed by atoms with van der Waals surface area (Å²) < 4.78 is 5.44. The molecule has 1 aromatic rings. The van der Waals surface area contributed by atoms with Crippen molar-refractivity contribution in [2.45, 2.75) is 0 Å². The first-order chi connectivity index (χ1) is 8.15. The highest BCUT2D eigenvalue weighted by Gasteiger charge is 2.36. The van der Waals surface area contributed by atoms with Gasteiger partial charge in [-0.15, -0.1) is 0 Å². The smallest absolute Gasteiger partial charge is 0.317 e. The first-order valence-corrected chi connectivity index (χ1v) is 5.77. The zero-order chi connectivity index (χ0) is 12.4. The van der Waals surface area contributed by atoms with Crippen molar-refractivity contribution in [3.05, 3.63) is 35.4 Å². The highest BCUT2D eigenvalue weighted by Crippen LogP contribution is 2.27. The molecular formula is C11H9NO4S. The van der Waals surface area contributed by atoms with E-state index in [1.165, 1.54) is 7.11 Å². The number of esters is 1. The second-order valence-corrected chi connectivity index (χ2v) is 4.21. The van der Waals surface area contributed by atoms with E-state index in [-0.39, 0.29) is 17.6 Å². The molecule has 1 aliphatic heterocycles. The lowest BCUT2D eigenvalue weighted by Crippen LogP contribution is -2.24. The summed E-state index contributed by atoms with van der Waals surface area (Å²) in [6, 6.07) is 6.57. The molecule has 0 fully saturated rings. The Morgan fingerprint density at radius 2 is 1.76 bits per heavy atom. The first kappa shape index (κ1) is 11.7. The quantitative estimate of drug-likeness (QED) is 0.457. The van der Waals surface area contributed by atoms with Crippen LogP contribution in [0.5, 0.6) is 0 Å². The van der Waals surface area contributed by atoms with E-state index < -0.39 is 5.97 Å². The average Bonchev–Trinajstić information content (AvgIpc) is 2.60. The number of imide groups is 1. The maximum absolute atomic E-state index is 11.8. The number of rotatable bonds is 3. The summed E-state index contributed by atoms with van der Waals surface area (Å²) in [5.41, 5.74) is 0.740. The predicted octanol–water partition coefficient (Wildman–Crippen LogP) is 1.10. The largest absolute Gasteiger partial charge is 0.468 e. The number of fused-ring (bicyclic) bond motifs is 1. The topological polar surface area (TPSA) is 63.7 Å². The van der Waals surface area contributed by atoms with Gasteiger partial charge in [-0.3, -0.25) is 14.4 Å². The van der Waals surface area contributed by atoms with Gasteiger partial charge in [-0.25, -0.2) is 4.31 Å². The van der Waals surface area contributed by atoms with Crippen LogP contribution in [0.4, 0.5) is 0 Å². The van der Waals surface area contributed by atoms with Crippen LogP contribution in [0.25, 0.3) is 0 Å². The van der Waals surface area contributed by atoms with E-state index in [0.717, 1.165) is 16.3 Å². The Bertz CT molecular complexity index is 465. The third kappa shape index (κ3) is 2.03. The van der Waals surface area contributed by atoms with Gasteiger partial charge >= 0.3 is 5.97 Å². The Labute approximate surface area is 102 Å². The molecule has 5 nitrogen and oxygen atoms in total. The van der Waals surface area contributed by atoms with Crippen LogP contribution in [0, 0.1) is 0 Å². The molecule has 0 aromatic heterocycles. The van der Waals surface area contributed by atoms with E-state index in [1.807, 2.05) is 0 Å². The maximum Gasteiger partial charge on any atom is 0.317 e. The second-order valence-electron chi connectivity index (χ2n) is 3.30. The SMILES string of the molecule is COC(=O)CSN1C(=O)c2ccccc2C1=O. The Kier molecular flexibility index (Phi) is 3.14. The second kappa shape index (κ2) is 4.58. The molecule has 1 aromatic carbocycles. The number of benzene rings is 1. The van der Waals surface area contributed by atoms with E-state index in [9.17, 15) is 14.4 Å². The Morgan fingerprint density at radius 1 is 1.24 bits per heavy atom. The standard InChI is InChI=1S/C11H9NO4S/c1-16-9(13)6-17-12-10(14)7-4-2-3-5-8(7)11(12)15/h2-5H,6H2,1H3. The molecule has 88 valence electrons. The Hall–Kier alpha value is -1.82. The number of amides is 2. The lowest BCUT2D eigenvalue weighted by molar-refractivity contribution is -0.137. The normalized spacial score (nSPS) is 13.8. The van der Waals surface area contributed by atoms with Crippen molar-refractivity contribution in [2.75, 3.05) is 12.9 Å². The van der Waals surface area contributed by atoms with Crippen LogP contribution in [0.15, 0.2) is 24.3 Å². The van der Waals surface area contributed by atoms with Crippen molar-refractivity contribution in [2.24, 2.45) is 0 Å². The molecule has 0 saturated heterocycles. The minimum absolute atomic E-state index is 0.0675. The summed E-state index contributed by atoms with van der Waals surface area (Å²) in [7, 11) is 1.26. The molecule has 2 amide bonds. The van der Waals surface area contributed by atoms with Gasteiger partial charge in [0.2, 0.25) is 0 Å². The van der Waals surface area contributed by atoms with Crippen LogP contribution >= 0.6 is 11.9 Å². The molecule has 1 aliphatic rings. The summed E-state index contributed by atoms with van der Waals surface area (Å²) in [5, 5.41) is 0. The zero-order valence-corrected chi connectivity index (χ0v) is 9.82. The van der Waals surface area contributed by atoms with Crippen LogP contribution in [0.2, 0.25) is 0 Å². The molecule has 6 heteroatoms. The van der Waals surface area contributed by atoms with Crippen LogP contribution in [-0.4, -0.2) is 35.0 Å². The van der Waals surface area contributed by atoms with Gasteiger partial charge in [0.05, 0.1) is 18.2 Å². The number of carbonyl (C=O) groups is 3. The summed E-state index contributed by atoms with van der Waals surface area (Å²) in [6.45, 7) is 0. The van der Waals surface area contributed by atoms with E-state index >= 15 is 0 Å². The highest BCUT2D eigenvalue weighted by atomic mass is 32.2. The molecule has 0 radical (unpaired) electrons. The lowest BCUT2D eigenvalue weighted by Gasteiger charge is -2.10. The van der Waals surface area contributed by atoms with Gasteiger partial charge in [0.15, 0.2) is 0 Å². The third-order valence-electron chi connectivity index (χ3n) is 2.30. The molecule has 1 heterocycles. The molecule has 0 N–H and O–H groups in total. The highest BCUT2D eigenvalue weighted by molar-refractivity contribution is 7.98. The number of hydrogen-bond acceptors (Lipinski definition) is 5. The maximum atomic E-state index is 11.8. The van der Waals surface area contributed by atoms with Gasteiger partial charge in [-0.2, -0.15) is 0 Å². The monoisotopic (exact) mass is 251 g/mol. The molecule has 2 rings (SSSR count). The van der Waals surface area contributed by atoms with Crippen LogP contribution in [-0.2, 0) is 9.53 Å².